The van der Waals surface area contributed by atoms with Crippen molar-refractivity contribution in [2.75, 3.05) is 0 Å². The Kier molecular flexibility index (Phi) is 4.23. The monoisotopic (exact) mass is 255 g/mol. The van der Waals surface area contributed by atoms with Gasteiger partial charge in [-0.05, 0) is 32.4 Å². The summed E-state index contributed by atoms with van der Waals surface area (Å²) in [6, 6.07) is 14.4. The Morgan fingerprint density at radius 2 is 1.79 bits per heavy atom. The first-order valence-electron chi connectivity index (χ1n) is 6.64. The van der Waals surface area contributed by atoms with E-state index in [1.807, 2.05) is 19.1 Å². The molecule has 19 heavy (non-hydrogen) atoms. The van der Waals surface area contributed by atoms with Gasteiger partial charge in [-0.1, -0.05) is 47.5 Å². The van der Waals surface area contributed by atoms with Crippen molar-refractivity contribution in [1.29, 1.82) is 0 Å². The molecule has 0 fully saturated rings. The molecular weight excluding hydrogens is 234 g/mol. The summed E-state index contributed by atoms with van der Waals surface area (Å²) in [4.78, 5) is 0. The van der Waals surface area contributed by atoms with Crippen molar-refractivity contribution in [3.63, 3.8) is 0 Å². The van der Waals surface area contributed by atoms with Crippen LogP contribution in [-0.2, 0) is 6.54 Å². The van der Waals surface area contributed by atoms with E-state index in [1.54, 1.807) is 6.07 Å². The van der Waals surface area contributed by atoms with Crippen LogP contribution in [0.3, 0.4) is 0 Å². The molecule has 2 N–H and O–H groups in total. The molecule has 0 aliphatic heterocycles. The minimum Gasteiger partial charge on any atom is -0.508 e. The van der Waals surface area contributed by atoms with Crippen molar-refractivity contribution >= 4 is 0 Å². The molecule has 2 aromatic rings. The Labute approximate surface area is 115 Å². The van der Waals surface area contributed by atoms with Gasteiger partial charge in [-0.3, -0.25) is 0 Å². The van der Waals surface area contributed by atoms with Crippen LogP contribution in [0.15, 0.2) is 42.5 Å². The first-order chi connectivity index (χ1) is 9.06. The number of benzene rings is 2. The molecule has 100 valence electrons. The van der Waals surface area contributed by atoms with Crippen molar-refractivity contribution in [2.45, 2.75) is 33.4 Å². The number of hydrogen-bond donors (Lipinski definition) is 2. The van der Waals surface area contributed by atoms with Crippen molar-refractivity contribution in [1.82, 2.24) is 5.32 Å². The van der Waals surface area contributed by atoms with Gasteiger partial charge in [0.15, 0.2) is 0 Å². The highest BCUT2D eigenvalue weighted by molar-refractivity contribution is 5.35. The zero-order valence-corrected chi connectivity index (χ0v) is 11.8. The number of phenols is 1. The topological polar surface area (TPSA) is 32.3 Å². The van der Waals surface area contributed by atoms with Crippen molar-refractivity contribution in [2.24, 2.45) is 0 Å². The molecule has 2 nitrogen and oxygen atoms in total. The second kappa shape index (κ2) is 5.89. The highest BCUT2D eigenvalue weighted by Crippen LogP contribution is 2.20. The molecule has 0 aromatic heterocycles. The van der Waals surface area contributed by atoms with E-state index in [-0.39, 0.29) is 6.04 Å². The fraction of sp³-hybridized carbons (Fsp3) is 0.294. The van der Waals surface area contributed by atoms with Crippen molar-refractivity contribution in [3.8, 4) is 5.75 Å². The molecule has 2 rings (SSSR count). The number of aryl methyl sites for hydroxylation is 2. The summed E-state index contributed by atoms with van der Waals surface area (Å²) in [6.45, 7) is 6.94. The number of hydrogen-bond acceptors (Lipinski definition) is 2. The van der Waals surface area contributed by atoms with Gasteiger partial charge in [0.05, 0.1) is 0 Å². The van der Waals surface area contributed by atoms with Crippen molar-refractivity contribution < 1.29 is 5.11 Å². The second-order valence-electron chi connectivity index (χ2n) is 5.15. The molecule has 0 spiro atoms. The number of rotatable bonds is 4. The Bertz CT molecular complexity index is 563. The Balaban J connectivity index is 2.04. The fourth-order valence-corrected chi connectivity index (χ4v) is 2.18. The first-order valence-corrected chi connectivity index (χ1v) is 6.64. The molecule has 0 heterocycles. The van der Waals surface area contributed by atoms with Crippen LogP contribution in [-0.4, -0.2) is 5.11 Å². The zero-order chi connectivity index (χ0) is 13.8. The third kappa shape index (κ3) is 3.58. The lowest BCUT2D eigenvalue weighted by molar-refractivity contribution is 0.460. The fourth-order valence-electron chi connectivity index (χ4n) is 2.18. The lowest BCUT2D eigenvalue weighted by atomic mass is 10.0. The van der Waals surface area contributed by atoms with Gasteiger partial charge >= 0.3 is 0 Å². The van der Waals surface area contributed by atoms with Crippen LogP contribution < -0.4 is 5.32 Å². The Morgan fingerprint density at radius 3 is 2.53 bits per heavy atom. The molecule has 2 aromatic carbocycles. The van der Waals surface area contributed by atoms with Gasteiger partial charge in [0.25, 0.3) is 0 Å². The molecule has 0 saturated heterocycles. The summed E-state index contributed by atoms with van der Waals surface area (Å²) >= 11 is 0. The van der Waals surface area contributed by atoms with Gasteiger partial charge in [-0.15, -0.1) is 0 Å². The largest absolute Gasteiger partial charge is 0.508 e. The summed E-state index contributed by atoms with van der Waals surface area (Å²) < 4.78 is 0. The van der Waals surface area contributed by atoms with Gasteiger partial charge in [0.2, 0.25) is 0 Å². The molecule has 0 aliphatic rings. The van der Waals surface area contributed by atoms with E-state index >= 15 is 0 Å². The van der Waals surface area contributed by atoms with Crippen LogP contribution in [0, 0.1) is 13.8 Å². The van der Waals surface area contributed by atoms with Crippen LogP contribution in [0.1, 0.15) is 35.2 Å². The van der Waals surface area contributed by atoms with E-state index in [9.17, 15) is 5.11 Å². The highest BCUT2D eigenvalue weighted by Gasteiger charge is 2.07. The normalized spacial score (nSPS) is 12.4. The predicted molar refractivity (Wildman–Crippen MR) is 79.3 cm³/mol. The number of nitrogens with one attached hydrogen (secondary N) is 1. The minimum absolute atomic E-state index is 0.264. The van der Waals surface area contributed by atoms with Crippen LogP contribution in [0.4, 0.5) is 0 Å². The van der Waals surface area contributed by atoms with Gasteiger partial charge in [0, 0.05) is 18.2 Å². The predicted octanol–water partition coefficient (Wildman–Crippen LogP) is 3.86. The average molecular weight is 255 g/mol. The summed E-state index contributed by atoms with van der Waals surface area (Å²) in [5, 5.41) is 13.3. The number of phenolic OH excluding ortho intramolecular Hbond substituents is 1. The van der Waals surface area contributed by atoms with E-state index in [0.29, 0.717) is 12.3 Å². The van der Waals surface area contributed by atoms with Crippen LogP contribution >= 0.6 is 0 Å². The maximum Gasteiger partial charge on any atom is 0.120 e. The lowest BCUT2D eigenvalue weighted by Gasteiger charge is -2.15. The Morgan fingerprint density at radius 1 is 1.05 bits per heavy atom. The smallest absolute Gasteiger partial charge is 0.120 e. The molecule has 0 unspecified atom stereocenters. The van der Waals surface area contributed by atoms with Gasteiger partial charge in [0.1, 0.15) is 5.75 Å². The summed E-state index contributed by atoms with van der Waals surface area (Å²) in [7, 11) is 0. The van der Waals surface area contributed by atoms with E-state index in [4.69, 9.17) is 0 Å². The van der Waals surface area contributed by atoms with E-state index in [0.717, 1.165) is 11.1 Å². The standard InChI is InChI=1S/C17H21NO/c1-12-5-4-6-15(9-12)14(3)18-11-16-10-13(2)7-8-17(16)19/h4-10,14,18-19H,11H2,1-3H3/t14-/m1/s1. The van der Waals surface area contributed by atoms with E-state index in [2.05, 4.69) is 43.4 Å². The molecule has 2 heteroatoms. The van der Waals surface area contributed by atoms with Crippen LogP contribution in [0.2, 0.25) is 0 Å². The first kappa shape index (κ1) is 13.6. The summed E-state index contributed by atoms with van der Waals surface area (Å²) in [5.74, 6) is 0.356. The van der Waals surface area contributed by atoms with Gasteiger partial charge in [-0.2, -0.15) is 0 Å². The lowest BCUT2D eigenvalue weighted by Crippen LogP contribution is -2.18. The molecule has 0 saturated carbocycles. The SMILES string of the molecule is Cc1cccc([C@@H](C)NCc2cc(C)ccc2O)c1. The zero-order valence-electron chi connectivity index (χ0n) is 11.8. The quantitative estimate of drug-likeness (QED) is 0.869. The van der Waals surface area contributed by atoms with Gasteiger partial charge in [-0.25, -0.2) is 0 Å². The molecule has 0 aliphatic carbocycles. The number of aromatic hydroxyl groups is 1. The highest BCUT2D eigenvalue weighted by atomic mass is 16.3. The molecule has 0 radical (unpaired) electrons. The van der Waals surface area contributed by atoms with E-state index < -0.39 is 0 Å². The molecule has 0 amide bonds. The van der Waals surface area contributed by atoms with Crippen LogP contribution in [0.5, 0.6) is 5.75 Å². The third-order valence-electron chi connectivity index (χ3n) is 3.38. The second-order valence-corrected chi connectivity index (χ2v) is 5.15. The van der Waals surface area contributed by atoms with E-state index in [1.165, 1.54) is 11.1 Å². The maximum absolute atomic E-state index is 9.82. The van der Waals surface area contributed by atoms with Crippen molar-refractivity contribution in [3.05, 3.63) is 64.7 Å². The average Bonchev–Trinajstić information content (AvgIpc) is 2.39. The maximum atomic E-state index is 9.82. The third-order valence-corrected chi connectivity index (χ3v) is 3.38. The minimum atomic E-state index is 0.264. The molecule has 1 atom stereocenters. The van der Waals surface area contributed by atoms with Crippen LogP contribution in [0.25, 0.3) is 0 Å². The molecular formula is C17H21NO. The summed E-state index contributed by atoms with van der Waals surface area (Å²) in [6.07, 6.45) is 0. The van der Waals surface area contributed by atoms with Gasteiger partial charge < -0.3 is 10.4 Å². The Hall–Kier alpha value is -1.80. The molecule has 0 bridgehead atoms. The summed E-state index contributed by atoms with van der Waals surface area (Å²) in [5.41, 5.74) is 4.65.